The van der Waals surface area contributed by atoms with Gasteiger partial charge in [0.1, 0.15) is 0 Å². The van der Waals surface area contributed by atoms with E-state index in [1.807, 2.05) is 40.1 Å². The van der Waals surface area contributed by atoms with Gasteiger partial charge in [-0.05, 0) is 68.6 Å². The average molecular weight is 540 g/mol. The van der Waals surface area contributed by atoms with Gasteiger partial charge in [-0.1, -0.05) is 48.2 Å². The van der Waals surface area contributed by atoms with Crippen molar-refractivity contribution in [2.45, 2.75) is 82.8 Å². The summed E-state index contributed by atoms with van der Waals surface area (Å²) in [5.41, 5.74) is 1.25. The normalized spacial score (nSPS) is 26.8. The Bertz CT molecular complexity index is 1160. The Kier molecular flexibility index (Phi) is 7.50. The number of amides is 2. The van der Waals surface area contributed by atoms with Crippen LogP contribution in [-0.4, -0.2) is 59.1 Å². The number of piperidine rings is 2. The standard InChI is InChI=1S/C30H38ClN3O4/c31-24-9-4-6-22(14-24)17-34-18-25(37-19-21-10-11-21)16-30(29(34)36)12-5-13-33(20-30)28(35)27-15-26(32-38-27)23-7-2-1-3-8-23/h4,6,9,14-15,21,23,25H,1-3,5,7-8,10-13,16-20H2/t25-,30-/m0/s1. The molecule has 2 saturated heterocycles. The van der Waals surface area contributed by atoms with Crippen molar-refractivity contribution < 1.29 is 18.8 Å². The Morgan fingerprint density at radius 2 is 1.97 bits per heavy atom. The summed E-state index contributed by atoms with van der Waals surface area (Å²) in [6.07, 6.45) is 10.5. The van der Waals surface area contributed by atoms with E-state index in [0.717, 1.165) is 43.5 Å². The molecule has 1 aromatic heterocycles. The first-order valence-electron chi connectivity index (χ1n) is 14.4. The van der Waals surface area contributed by atoms with Crippen molar-refractivity contribution in [3.05, 3.63) is 52.4 Å². The first-order valence-corrected chi connectivity index (χ1v) is 14.8. The largest absolute Gasteiger partial charge is 0.376 e. The summed E-state index contributed by atoms with van der Waals surface area (Å²) in [7, 11) is 0. The molecule has 0 radical (unpaired) electrons. The van der Waals surface area contributed by atoms with Gasteiger partial charge in [0.25, 0.3) is 5.91 Å². The molecular formula is C30H38ClN3O4. The second kappa shape index (κ2) is 11.0. The van der Waals surface area contributed by atoms with Gasteiger partial charge in [0.2, 0.25) is 11.7 Å². The minimum atomic E-state index is -0.648. The molecule has 3 heterocycles. The first-order chi connectivity index (χ1) is 18.5. The molecule has 2 amide bonds. The predicted molar refractivity (Wildman–Crippen MR) is 144 cm³/mol. The van der Waals surface area contributed by atoms with Gasteiger partial charge in [-0.2, -0.15) is 0 Å². The highest BCUT2D eigenvalue weighted by molar-refractivity contribution is 6.30. The highest BCUT2D eigenvalue weighted by atomic mass is 35.5. The molecule has 2 aliphatic heterocycles. The van der Waals surface area contributed by atoms with Gasteiger partial charge in [0.05, 0.1) is 17.2 Å². The summed E-state index contributed by atoms with van der Waals surface area (Å²) >= 11 is 6.24. The molecule has 8 heteroatoms. The van der Waals surface area contributed by atoms with Crippen LogP contribution in [0.3, 0.4) is 0 Å². The fourth-order valence-corrected chi connectivity index (χ4v) is 6.91. The molecule has 2 atom stereocenters. The molecule has 0 bridgehead atoms. The molecule has 1 spiro atoms. The molecular weight excluding hydrogens is 502 g/mol. The quantitative estimate of drug-likeness (QED) is 0.443. The van der Waals surface area contributed by atoms with E-state index in [-0.39, 0.29) is 17.9 Å². The van der Waals surface area contributed by atoms with Crippen LogP contribution in [0.15, 0.2) is 34.9 Å². The van der Waals surface area contributed by atoms with Crippen LogP contribution in [-0.2, 0) is 16.1 Å². The molecule has 7 nitrogen and oxygen atoms in total. The molecule has 0 unspecified atom stereocenters. The lowest BCUT2D eigenvalue weighted by Crippen LogP contribution is -2.60. The maximum atomic E-state index is 14.1. The van der Waals surface area contributed by atoms with E-state index in [1.54, 1.807) is 0 Å². The molecule has 4 fully saturated rings. The number of carbonyl (C=O) groups is 2. The predicted octanol–water partition coefficient (Wildman–Crippen LogP) is 5.83. The lowest BCUT2D eigenvalue weighted by molar-refractivity contribution is -0.160. The van der Waals surface area contributed by atoms with Gasteiger partial charge < -0.3 is 19.1 Å². The van der Waals surface area contributed by atoms with Crippen LogP contribution < -0.4 is 0 Å². The molecule has 38 heavy (non-hydrogen) atoms. The van der Waals surface area contributed by atoms with Crippen molar-refractivity contribution in [2.75, 3.05) is 26.2 Å². The Balaban J connectivity index is 1.20. The lowest BCUT2D eigenvalue weighted by Gasteiger charge is -2.49. The Hall–Kier alpha value is -2.38. The van der Waals surface area contributed by atoms with E-state index in [4.69, 9.17) is 20.9 Å². The van der Waals surface area contributed by atoms with Crippen LogP contribution in [0.4, 0.5) is 0 Å². The zero-order valence-electron chi connectivity index (χ0n) is 22.1. The molecule has 4 aliphatic rings. The number of likely N-dealkylation sites (tertiary alicyclic amines) is 2. The summed E-state index contributed by atoms with van der Waals surface area (Å²) < 4.78 is 11.9. The van der Waals surface area contributed by atoms with E-state index in [1.165, 1.54) is 32.1 Å². The van der Waals surface area contributed by atoms with Crippen LogP contribution in [0.2, 0.25) is 5.02 Å². The summed E-state index contributed by atoms with van der Waals surface area (Å²) in [5.74, 6) is 1.28. The van der Waals surface area contributed by atoms with Crippen molar-refractivity contribution in [1.29, 1.82) is 0 Å². The summed E-state index contributed by atoms with van der Waals surface area (Å²) in [6, 6.07) is 9.53. The van der Waals surface area contributed by atoms with Crippen molar-refractivity contribution in [3.8, 4) is 0 Å². The average Bonchev–Trinajstić information content (AvgIpc) is 3.64. The Morgan fingerprint density at radius 3 is 2.76 bits per heavy atom. The van der Waals surface area contributed by atoms with Gasteiger partial charge in [-0.3, -0.25) is 9.59 Å². The van der Waals surface area contributed by atoms with Crippen LogP contribution in [0.5, 0.6) is 0 Å². The minimum absolute atomic E-state index is 0.0364. The third-order valence-electron chi connectivity index (χ3n) is 8.94. The third kappa shape index (κ3) is 5.64. The van der Waals surface area contributed by atoms with E-state index in [9.17, 15) is 9.59 Å². The van der Waals surface area contributed by atoms with Crippen LogP contribution >= 0.6 is 11.6 Å². The second-order valence-electron chi connectivity index (χ2n) is 12.0. The summed E-state index contributed by atoms with van der Waals surface area (Å²) in [4.78, 5) is 31.4. The van der Waals surface area contributed by atoms with E-state index >= 15 is 0 Å². The number of ether oxygens (including phenoxy) is 1. The summed E-state index contributed by atoms with van der Waals surface area (Å²) in [6.45, 7) is 2.82. The zero-order valence-corrected chi connectivity index (χ0v) is 22.8. The first kappa shape index (κ1) is 25.9. The number of hydrogen-bond acceptors (Lipinski definition) is 5. The third-order valence-corrected chi connectivity index (χ3v) is 9.17. The fourth-order valence-electron chi connectivity index (χ4n) is 6.69. The number of nitrogens with zero attached hydrogens (tertiary/aromatic N) is 3. The van der Waals surface area contributed by atoms with Gasteiger partial charge in [0, 0.05) is 49.8 Å². The van der Waals surface area contributed by atoms with Crippen molar-refractivity contribution in [1.82, 2.24) is 15.0 Å². The van der Waals surface area contributed by atoms with Crippen molar-refractivity contribution in [3.63, 3.8) is 0 Å². The van der Waals surface area contributed by atoms with Crippen LogP contribution in [0, 0.1) is 11.3 Å². The number of rotatable bonds is 7. The monoisotopic (exact) mass is 539 g/mol. The Morgan fingerprint density at radius 1 is 1.13 bits per heavy atom. The highest BCUT2D eigenvalue weighted by Gasteiger charge is 2.51. The molecule has 2 saturated carbocycles. The van der Waals surface area contributed by atoms with Gasteiger partial charge in [-0.25, -0.2) is 0 Å². The maximum absolute atomic E-state index is 14.1. The molecule has 2 aliphatic carbocycles. The van der Waals surface area contributed by atoms with Crippen molar-refractivity contribution >= 4 is 23.4 Å². The van der Waals surface area contributed by atoms with E-state index in [2.05, 4.69) is 5.16 Å². The number of halogens is 1. The number of aromatic nitrogens is 1. The molecule has 204 valence electrons. The molecule has 6 rings (SSSR count). The fraction of sp³-hybridized carbons (Fsp3) is 0.633. The van der Waals surface area contributed by atoms with Crippen molar-refractivity contribution in [2.24, 2.45) is 11.3 Å². The topological polar surface area (TPSA) is 75.9 Å². The summed E-state index contributed by atoms with van der Waals surface area (Å²) in [5, 5.41) is 4.94. The number of carbonyl (C=O) groups excluding carboxylic acids is 2. The smallest absolute Gasteiger partial charge is 0.292 e. The Labute approximate surface area is 229 Å². The number of hydrogen-bond donors (Lipinski definition) is 0. The lowest BCUT2D eigenvalue weighted by atomic mass is 9.72. The van der Waals surface area contributed by atoms with E-state index < -0.39 is 5.41 Å². The van der Waals surface area contributed by atoms with Crippen LogP contribution in [0.1, 0.15) is 91.9 Å². The van der Waals surface area contributed by atoms with Gasteiger partial charge in [0.15, 0.2) is 0 Å². The van der Waals surface area contributed by atoms with Gasteiger partial charge >= 0.3 is 0 Å². The van der Waals surface area contributed by atoms with Gasteiger partial charge in [-0.15, -0.1) is 0 Å². The zero-order chi connectivity index (χ0) is 26.1. The maximum Gasteiger partial charge on any atom is 0.292 e. The molecule has 0 N–H and O–H groups in total. The number of benzene rings is 1. The molecule has 2 aromatic rings. The van der Waals surface area contributed by atoms with Crippen LogP contribution in [0.25, 0.3) is 0 Å². The van der Waals surface area contributed by atoms with E-state index in [0.29, 0.717) is 55.2 Å². The SMILES string of the molecule is O=C(c1cc(C2CCCCC2)no1)N1CCC[C@]2(C[C@H](OCC3CC3)CN(Cc3cccc(Cl)c3)C2=O)C1. The minimum Gasteiger partial charge on any atom is -0.376 e. The highest BCUT2D eigenvalue weighted by Crippen LogP contribution is 2.42. The second-order valence-corrected chi connectivity index (χ2v) is 12.4. The molecule has 1 aromatic carbocycles.